The van der Waals surface area contributed by atoms with Crippen molar-refractivity contribution < 1.29 is 0 Å². The van der Waals surface area contributed by atoms with Crippen LogP contribution in [0, 0.1) is 0 Å². The van der Waals surface area contributed by atoms with Crippen molar-refractivity contribution in [2.75, 3.05) is 18.0 Å². The highest BCUT2D eigenvalue weighted by atomic mass is 16.1. The molecule has 1 fully saturated rings. The molecule has 2 heterocycles. The van der Waals surface area contributed by atoms with Gasteiger partial charge in [0.1, 0.15) is 0 Å². The SMILES string of the molecule is CCn1ccnc(N2CCCCC2)c1=O. The molecule has 0 spiro atoms. The van der Waals surface area contributed by atoms with E-state index in [9.17, 15) is 4.79 Å². The Morgan fingerprint density at radius 1 is 1.33 bits per heavy atom. The van der Waals surface area contributed by atoms with Crippen LogP contribution < -0.4 is 10.5 Å². The van der Waals surface area contributed by atoms with E-state index in [0.29, 0.717) is 12.4 Å². The highest BCUT2D eigenvalue weighted by Gasteiger charge is 2.15. The summed E-state index contributed by atoms with van der Waals surface area (Å²) < 4.78 is 1.71. The summed E-state index contributed by atoms with van der Waals surface area (Å²) in [5.41, 5.74) is 0.0434. The van der Waals surface area contributed by atoms with E-state index in [0.717, 1.165) is 13.1 Å². The summed E-state index contributed by atoms with van der Waals surface area (Å²) in [7, 11) is 0. The molecule has 4 nitrogen and oxygen atoms in total. The largest absolute Gasteiger partial charge is 0.352 e. The number of aryl methyl sites for hydroxylation is 1. The first kappa shape index (κ1) is 10.2. The molecule has 0 amide bonds. The van der Waals surface area contributed by atoms with Gasteiger partial charge in [0.2, 0.25) is 0 Å². The van der Waals surface area contributed by atoms with Gasteiger partial charge in [0, 0.05) is 32.0 Å². The Balaban J connectivity index is 2.30. The maximum Gasteiger partial charge on any atom is 0.293 e. The van der Waals surface area contributed by atoms with E-state index in [4.69, 9.17) is 0 Å². The molecule has 1 aromatic rings. The van der Waals surface area contributed by atoms with Crippen LogP contribution in [-0.4, -0.2) is 22.6 Å². The van der Waals surface area contributed by atoms with Crippen molar-refractivity contribution in [3.63, 3.8) is 0 Å². The van der Waals surface area contributed by atoms with Crippen LogP contribution in [0.2, 0.25) is 0 Å². The molecule has 0 radical (unpaired) electrons. The van der Waals surface area contributed by atoms with Gasteiger partial charge in [-0.25, -0.2) is 4.98 Å². The number of rotatable bonds is 2. The average Bonchev–Trinajstić information content (AvgIpc) is 2.30. The van der Waals surface area contributed by atoms with Crippen LogP contribution in [-0.2, 0) is 6.54 Å². The number of anilines is 1. The van der Waals surface area contributed by atoms with Crippen molar-refractivity contribution in [1.29, 1.82) is 0 Å². The van der Waals surface area contributed by atoms with E-state index in [1.807, 2.05) is 6.92 Å². The van der Waals surface area contributed by atoms with Crippen molar-refractivity contribution >= 4 is 5.82 Å². The van der Waals surface area contributed by atoms with Gasteiger partial charge < -0.3 is 9.47 Å². The standard InChI is InChI=1S/C11H17N3O/c1-2-13-9-6-12-10(11(13)15)14-7-4-3-5-8-14/h6,9H,2-5,7-8H2,1H3. The Morgan fingerprint density at radius 2 is 2.07 bits per heavy atom. The molecule has 82 valence electrons. The van der Waals surface area contributed by atoms with Crippen LogP contribution in [0.25, 0.3) is 0 Å². The van der Waals surface area contributed by atoms with Crippen LogP contribution in [0.5, 0.6) is 0 Å². The second-order valence-electron chi connectivity index (χ2n) is 3.89. The predicted octanol–water partition coefficient (Wildman–Crippen LogP) is 1.25. The summed E-state index contributed by atoms with van der Waals surface area (Å²) in [6, 6.07) is 0. The van der Waals surface area contributed by atoms with E-state index in [1.165, 1.54) is 19.3 Å². The lowest BCUT2D eigenvalue weighted by Crippen LogP contribution is -2.36. The maximum atomic E-state index is 12.0. The number of nitrogens with zero attached hydrogens (tertiary/aromatic N) is 3. The smallest absolute Gasteiger partial charge is 0.293 e. The lowest BCUT2D eigenvalue weighted by Gasteiger charge is -2.27. The Labute approximate surface area is 89.6 Å². The molecule has 2 rings (SSSR count). The van der Waals surface area contributed by atoms with Gasteiger partial charge in [-0.3, -0.25) is 4.79 Å². The Morgan fingerprint density at radius 3 is 2.73 bits per heavy atom. The molecule has 0 bridgehead atoms. The van der Waals surface area contributed by atoms with Crippen molar-refractivity contribution in [2.24, 2.45) is 0 Å². The van der Waals surface area contributed by atoms with Crippen LogP contribution in [0.4, 0.5) is 5.82 Å². The molecule has 0 saturated carbocycles. The minimum Gasteiger partial charge on any atom is -0.352 e. The van der Waals surface area contributed by atoms with Crippen LogP contribution >= 0.6 is 0 Å². The fraction of sp³-hybridized carbons (Fsp3) is 0.636. The van der Waals surface area contributed by atoms with E-state index < -0.39 is 0 Å². The molecule has 1 saturated heterocycles. The van der Waals surface area contributed by atoms with E-state index in [-0.39, 0.29) is 5.56 Å². The normalized spacial score (nSPS) is 16.7. The molecule has 1 aliphatic rings. The Kier molecular flexibility index (Phi) is 3.04. The van der Waals surface area contributed by atoms with E-state index in [2.05, 4.69) is 9.88 Å². The van der Waals surface area contributed by atoms with Crippen molar-refractivity contribution in [1.82, 2.24) is 9.55 Å². The molecule has 0 N–H and O–H groups in total. The molecule has 4 heteroatoms. The minimum atomic E-state index is 0.0434. The van der Waals surface area contributed by atoms with Gasteiger partial charge in [0.05, 0.1) is 0 Å². The number of piperidine rings is 1. The zero-order valence-corrected chi connectivity index (χ0v) is 9.15. The number of aromatic nitrogens is 2. The molecule has 0 unspecified atom stereocenters. The predicted molar refractivity (Wildman–Crippen MR) is 60.2 cm³/mol. The zero-order chi connectivity index (χ0) is 10.7. The van der Waals surface area contributed by atoms with Gasteiger partial charge in [-0.1, -0.05) is 0 Å². The van der Waals surface area contributed by atoms with Crippen molar-refractivity contribution in [3.05, 3.63) is 22.7 Å². The molecule has 0 atom stereocenters. The molecular formula is C11H17N3O. The zero-order valence-electron chi connectivity index (χ0n) is 9.15. The average molecular weight is 207 g/mol. The first-order valence-corrected chi connectivity index (χ1v) is 5.63. The summed E-state index contributed by atoms with van der Waals surface area (Å²) in [5, 5.41) is 0. The summed E-state index contributed by atoms with van der Waals surface area (Å²) in [4.78, 5) is 18.3. The number of hydrogen-bond acceptors (Lipinski definition) is 3. The minimum absolute atomic E-state index is 0.0434. The van der Waals surface area contributed by atoms with Crippen molar-refractivity contribution in [3.8, 4) is 0 Å². The van der Waals surface area contributed by atoms with E-state index in [1.54, 1.807) is 17.0 Å². The Hall–Kier alpha value is -1.32. The highest BCUT2D eigenvalue weighted by Crippen LogP contribution is 2.13. The molecule has 15 heavy (non-hydrogen) atoms. The second-order valence-corrected chi connectivity index (χ2v) is 3.89. The quantitative estimate of drug-likeness (QED) is 0.732. The number of hydrogen-bond donors (Lipinski definition) is 0. The van der Waals surface area contributed by atoms with Gasteiger partial charge in [-0.15, -0.1) is 0 Å². The van der Waals surface area contributed by atoms with Gasteiger partial charge in [-0.2, -0.15) is 0 Å². The fourth-order valence-corrected chi connectivity index (χ4v) is 2.01. The fourth-order valence-electron chi connectivity index (χ4n) is 2.01. The van der Waals surface area contributed by atoms with Gasteiger partial charge in [0.15, 0.2) is 5.82 Å². The summed E-state index contributed by atoms with van der Waals surface area (Å²) in [6.45, 7) is 4.62. The summed E-state index contributed by atoms with van der Waals surface area (Å²) >= 11 is 0. The van der Waals surface area contributed by atoms with E-state index >= 15 is 0 Å². The summed E-state index contributed by atoms with van der Waals surface area (Å²) in [6.07, 6.45) is 7.07. The van der Waals surface area contributed by atoms with Gasteiger partial charge in [-0.05, 0) is 26.2 Å². The first-order valence-electron chi connectivity index (χ1n) is 5.63. The summed E-state index contributed by atoms with van der Waals surface area (Å²) in [5.74, 6) is 0.624. The molecular weight excluding hydrogens is 190 g/mol. The molecule has 1 aliphatic heterocycles. The third kappa shape index (κ3) is 2.03. The van der Waals surface area contributed by atoms with Crippen LogP contribution in [0.3, 0.4) is 0 Å². The third-order valence-corrected chi connectivity index (χ3v) is 2.89. The van der Waals surface area contributed by atoms with Crippen molar-refractivity contribution in [2.45, 2.75) is 32.7 Å². The third-order valence-electron chi connectivity index (χ3n) is 2.89. The molecule has 0 aliphatic carbocycles. The first-order chi connectivity index (χ1) is 7.33. The monoisotopic (exact) mass is 207 g/mol. The van der Waals surface area contributed by atoms with Crippen LogP contribution in [0.15, 0.2) is 17.2 Å². The second kappa shape index (κ2) is 4.47. The topological polar surface area (TPSA) is 38.1 Å². The maximum absolute atomic E-state index is 12.0. The van der Waals surface area contributed by atoms with Gasteiger partial charge >= 0.3 is 0 Å². The van der Waals surface area contributed by atoms with Crippen LogP contribution in [0.1, 0.15) is 26.2 Å². The highest BCUT2D eigenvalue weighted by molar-refractivity contribution is 5.35. The van der Waals surface area contributed by atoms with Gasteiger partial charge in [0.25, 0.3) is 5.56 Å². The lowest BCUT2D eigenvalue weighted by molar-refractivity contribution is 0.566. The Bertz CT molecular complexity index is 380. The molecule has 1 aromatic heterocycles. The molecule has 0 aromatic carbocycles. The lowest BCUT2D eigenvalue weighted by atomic mass is 10.1.